The van der Waals surface area contributed by atoms with E-state index < -0.39 is 0 Å². The van der Waals surface area contributed by atoms with Gasteiger partial charge in [0.2, 0.25) is 0 Å². The molecule has 10 aromatic rings. The van der Waals surface area contributed by atoms with Crippen LogP contribution in [0.2, 0.25) is 0 Å². The van der Waals surface area contributed by atoms with Crippen LogP contribution in [0.15, 0.2) is 188 Å². The van der Waals surface area contributed by atoms with Gasteiger partial charge in [0.15, 0.2) is 0 Å². The number of hydrogen-bond acceptors (Lipinski definition) is 4. The predicted molar refractivity (Wildman–Crippen MR) is 341 cm³/mol. The van der Waals surface area contributed by atoms with Crippen molar-refractivity contribution in [3.63, 3.8) is 0 Å². The number of aromatic nitrogens is 2. The molecule has 0 spiro atoms. The lowest BCUT2D eigenvalue weighted by Gasteiger charge is -2.30. The topological polar surface area (TPSA) is 33.5 Å². The van der Waals surface area contributed by atoms with Crippen molar-refractivity contribution in [1.29, 1.82) is 0 Å². The van der Waals surface area contributed by atoms with E-state index in [1.54, 1.807) is 0 Å². The first-order valence-corrected chi connectivity index (χ1v) is 28.9. The van der Waals surface area contributed by atoms with Crippen molar-refractivity contribution in [3.8, 4) is 39.6 Å². The first-order valence-electron chi connectivity index (χ1n) is 28.9. The van der Waals surface area contributed by atoms with Crippen LogP contribution in [-0.2, 0) is 21.7 Å². The normalized spacial score (nSPS) is 13.3. The summed E-state index contributed by atoms with van der Waals surface area (Å²) < 4.78 is 9.66. The van der Waals surface area contributed by atoms with Crippen molar-refractivity contribution in [2.24, 2.45) is 0 Å². The van der Waals surface area contributed by atoms with E-state index in [1.165, 1.54) is 66.7 Å². The smallest absolute Gasteiger partial charge is 0.137 e. The molecule has 2 aromatic heterocycles. The van der Waals surface area contributed by atoms with Gasteiger partial charge in [-0.1, -0.05) is 207 Å². The second-order valence-corrected chi connectivity index (χ2v) is 26.7. The van der Waals surface area contributed by atoms with Gasteiger partial charge >= 0.3 is 0 Å². The van der Waals surface area contributed by atoms with Crippen LogP contribution in [-0.4, -0.2) is 16.2 Å². The van der Waals surface area contributed by atoms with E-state index in [0.29, 0.717) is 18.5 Å². The Morgan fingerprint density at radius 3 is 1.65 bits per heavy atom. The van der Waals surface area contributed by atoms with Crippen LogP contribution < -0.4 is 14.5 Å². The zero-order valence-electron chi connectivity index (χ0n) is 50.0. The third kappa shape index (κ3) is 10.2. The fourth-order valence-corrected chi connectivity index (χ4v) is 11.8. The summed E-state index contributed by atoms with van der Waals surface area (Å²) in [6.07, 6.45) is 1.96. The van der Waals surface area contributed by atoms with Crippen LogP contribution in [0, 0.1) is 0 Å². The fraction of sp³-hybridized carbons (Fsp3) is 0.293. The zero-order chi connectivity index (χ0) is 56.6. The molecular formula is C75H80N4O. The third-order valence-corrected chi connectivity index (χ3v) is 16.8. The SMILES string of the molecule is CC(C)c1cccc(C(C)C)c1-c1ccc2c(c1)N(c1cc(Oc3ccc4c5ccc(C(C)(C)C)cc5n(-c5cc(C(C)(C)C)ccn5)c4c3)cc(C(C)(C)c3ccccc3)c1)CN2c1cc(-c2ccccc2)cc(C(C)(C)C)c1. The maximum absolute atomic E-state index is 7.32. The second kappa shape index (κ2) is 20.3. The van der Waals surface area contributed by atoms with Crippen LogP contribution in [0.3, 0.4) is 0 Å². The van der Waals surface area contributed by atoms with Crippen molar-refractivity contribution in [2.75, 3.05) is 16.5 Å². The van der Waals surface area contributed by atoms with Crippen LogP contribution in [0.1, 0.15) is 155 Å². The third-order valence-electron chi connectivity index (χ3n) is 16.8. The Kier molecular flexibility index (Phi) is 13.7. The Balaban J connectivity index is 1.12. The summed E-state index contributed by atoms with van der Waals surface area (Å²) in [6.45, 7) is 35.1. The maximum Gasteiger partial charge on any atom is 0.137 e. The van der Waals surface area contributed by atoms with Crippen molar-refractivity contribution in [2.45, 2.75) is 137 Å². The molecule has 0 bridgehead atoms. The monoisotopic (exact) mass is 1050 g/mol. The van der Waals surface area contributed by atoms with E-state index in [0.717, 1.165) is 56.4 Å². The molecule has 1 aliphatic heterocycles. The van der Waals surface area contributed by atoms with Gasteiger partial charge in [-0.3, -0.25) is 4.57 Å². The van der Waals surface area contributed by atoms with Gasteiger partial charge in [0.25, 0.3) is 0 Å². The first-order chi connectivity index (χ1) is 37.9. The minimum Gasteiger partial charge on any atom is -0.457 e. The van der Waals surface area contributed by atoms with Crippen LogP contribution in [0.25, 0.3) is 49.9 Å². The van der Waals surface area contributed by atoms with Crippen LogP contribution in [0.4, 0.5) is 22.7 Å². The van der Waals surface area contributed by atoms with E-state index in [-0.39, 0.29) is 21.7 Å². The molecule has 0 saturated heterocycles. The summed E-state index contributed by atoms with van der Waals surface area (Å²) in [7, 11) is 0. The van der Waals surface area contributed by atoms with E-state index in [1.807, 2.05) is 6.20 Å². The van der Waals surface area contributed by atoms with Crippen molar-refractivity contribution < 1.29 is 4.74 Å². The zero-order valence-corrected chi connectivity index (χ0v) is 50.0. The van der Waals surface area contributed by atoms with Crippen molar-refractivity contribution >= 4 is 44.6 Å². The van der Waals surface area contributed by atoms with Crippen molar-refractivity contribution in [3.05, 3.63) is 227 Å². The van der Waals surface area contributed by atoms with E-state index in [9.17, 15) is 0 Å². The molecule has 11 rings (SSSR count). The highest BCUT2D eigenvalue weighted by Crippen LogP contribution is 2.51. The number of rotatable bonds is 11. The number of nitrogens with zero attached hydrogens (tertiary/aromatic N) is 4. The summed E-state index contributed by atoms with van der Waals surface area (Å²) in [5.74, 6) is 3.13. The number of fused-ring (bicyclic) bond motifs is 4. The van der Waals surface area contributed by atoms with Crippen molar-refractivity contribution in [1.82, 2.24) is 9.55 Å². The molecule has 8 aromatic carbocycles. The first kappa shape index (κ1) is 54.1. The van der Waals surface area contributed by atoms with Gasteiger partial charge in [0, 0.05) is 45.9 Å². The highest BCUT2D eigenvalue weighted by molar-refractivity contribution is 6.10. The van der Waals surface area contributed by atoms with E-state index >= 15 is 0 Å². The minimum absolute atomic E-state index is 0.0354. The highest BCUT2D eigenvalue weighted by Gasteiger charge is 2.33. The average Bonchev–Trinajstić information content (AvgIpc) is 4.21. The molecule has 0 unspecified atom stereocenters. The Hall–Kier alpha value is -7.89. The maximum atomic E-state index is 7.32. The molecule has 0 amide bonds. The van der Waals surface area contributed by atoms with E-state index in [2.05, 4.69) is 300 Å². The van der Waals surface area contributed by atoms with Crippen LogP contribution in [0.5, 0.6) is 11.5 Å². The molecule has 0 N–H and O–H groups in total. The number of pyridine rings is 1. The molecule has 406 valence electrons. The molecule has 0 atom stereocenters. The largest absolute Gasteiger partial charge is 0.457 e. The average molecular weight is 1050 g/mol. The number of benzene rings is 8. The lowest BCUT2D eigenvalue weighted by atomic mass is 9.78. The van der Waals surface area contributed by atoms with Gasteiger partial charge in [-0.2, -0.15) is 0 Å². The predicted octanol–water partition coefficient (Wildman–Crippen LogP) is 21.0. The molecule has 1 aliphatic rings. The molecule has 5 nitrogen and oxygen atoms in total. The summed E-state index contributed by atoms with van der Waals surface area (Å²) >= 11 is 0. The Labute approximate surface area is 476 Å². The van der Waals surface area contributed by atoms with Gasteiger partial charge < -0.3 is 14.5 Å². The van der Waals surface area contributed by atoms with Gasteiger partial charge in [-0.15, -0.1) is 0 Å². The molecule has 0 saturated carbocycles. The summed E-state index contributed by atoms with van der Waals surface area (Å²) in [5, 5.41) is 2.35. The van der Waals surface area contributed by atoms with Crippen LogP contribution >= 0.6 is 0 Å². The van der Waals surface area contributed by atoms with E-state index in [4.69, 9.17) is 9.72 Å². The minimum atomic E-state index is -0.377. The Morgan fingerprint density at radius 1 is 0.412 bits per heavy atom. The quantitative estimate of drug-likeness (QED) is 0.129. The molecule has 3 heterocycles. The van der Waals surface area contributed by atoms with Gasteiger partial charge in [-0.05, 0) is 156 Å². The molecule has 5 heteroatoms. The molecule has 80 heavy (non-hydrogen) atoms. The summed E-state index contributed by atoms with van der Waals surface area (Å²) in [5.41, 5.74) is 20.1. The Morgan fingerprint density at radius 2 is 1.00 bits per heavy atom. The molecule has 0 radical (unpaired) electrons. The van der Waals surface area contributed by atoms with Gasteiger partial charge in [0.05, 0.1) is 22.4 Å². The number of hydrogen-bond donors (Lipinski definition) is 0. The lowest BCUT2D eigenvalue weighted by molar-refractivity contribution is 0.480. The summed E-state index contributed by atoms with van der Waals surface area (Å²) in [6, 6.07) is 67.9. The lowest BCUT2D eigenvalue weighted by Crippen LogP contribution is -2.25. The number of anilines is 4. The van der Waals surface area contributed by atoms with Gasteiger partial charge in [0.1, 0.15) is 24.0 Å². The highest BCUT2D eigenvalue weighted by atomic mass is 16.5. The fourth-order valence-electron chi connectivity index (χ4n) is 11.8. The standard InChI is InChI=1S/C75H80N4O/c1-48(2)62-27-22-28-63(49(3)4)71(62)51-29-34-66-69(39-51)78(47-77(66)58-38-52(50-23-18-16-19-24-50)37-56(40-58)74(11,12)13)59-41-57(75(14,15)53-25-20-17-21-26-53)42-61(45-59)80-60-31-33-65-64-32-30-54(72(5,6)7)43-67(64)79(68(65)46-60)70-44-55(35-36-76-70)73(8,9)10/h16-46,48-49H,47H2,1-15H3. The summed E-state index contributed by atoms with van der Waals surface area (Å²) in [4.78, 5) is 10.1. The molecular weight excluding hydrogens is 973 g/mol. The molecule has 0 aliphatic carbocycles. The second-order valence-electron chi connectivity index (χ2n) is 26.7. The van der Waals surface area contributed by atoms with Gasteiger partial charge in [-0.25, -0.2) is 4.98 Å². The number of ether oxygens (including phenoxy) is 1. The molecule has 0 fully saturated rings. The Bertz CT molecular complexity index is 3910.